The zero-order valence-electron chi connectivity index (χ0n) is 13.2. The molecular formula is C19H21N3. The molecule has 4 rings (SSSR count). The molecule has 2 aromatic carbocycles. The van der Waals surface area contributed by atoms with Crippen LogP contribution in [0.3, 0.4) is 0 Å². The van der Waals surface area contributed by atoms with Gasteiger partial charge in [-0.2, -0.15) is 0 Å². The molecule has 3 heteroatoms. The maximum Gasteiger partial charge on any atom is 0.121 e. The maximum absolute atomic E-state index is 4.77. The molecule has 1 aliphatic heterocycles. The Morgan fingerprint density at radius 1 is 1.09 bits per heavy atom. The second-order valence-electron chi connectivity index (χ2n) is 6.37. The van der Waals surface area contributed by atoms with Gasteiger partial charge in [-0.15, -0.1) is 0 Å². The van der Waals surface area contributed by atoms with Gasteiger partial charge < -0.3 is 4.98 Å². The number of aromatic nitrogens is 2. The molecule has 22 heavy (non-hydrogen) atoms. The van der Waals surface area contributed by atoms with Crippen LogP contribution < -0.4 is 0 Å². The van der Waals surface area contributed by atoms with Crippen LogP contribution in [-0.2, 0) is 19.5 Å². The number of nitrogens with one attached hydrogen (secondary N) is 1. The highest BCUT2D eigenvalue weighted by Crippen LogP contribution is 2.21. The number of imidazole rings is 1. The normalized spacial score (nSPS) is 15.2. The van der Waals surface area contributed by atoms with E-state index in [0.29, 0.717) is 0 Å². The van der Waals surface area contributed by atoms with E-state index in [2.05, 4.69) is 60.1 Å². The van der Waals surface area contributed by atoms with Crippen LogP contribution in [0.5, 0.6) is 0 Å². The Kier molecular flexibility index (Phi) is 3.23. The van der Waals surface area contributed by atoms with Crippen LogP contribution in [0, 0.1) is 13.8 Å². The van der Waals surface area contributed by atoms with Crippen molar-refractivity contribution in [2.45, 2.75) is 33.4 Å². The zero-order valence-corrected chi connectivity index (χ0v) is 13.2. The van der Waals surface area contributed by atoms with Crippen LogP contribution in [0.25, 0.3) is 11.0 Å². The van der Waals surface area contributed by atoms with E-state index in [1.165, 1.54) is 22.3 Å². The van der Waals surface area contributed by atoms with Crippen molar-refractivity contribution >= 4 is 11.0 Å². The first-order chi connectivity index (χ1) is 10.7. The first-order valence-corrected chi connectivity index (χ1v) is 7.94. The summed E-state index contributed by atoms with van der Waals surface area (Å²) in [6, 6.07) is 13.1. The van der Waals surface area contributed by atoms with E-state index in [4.69, 9.17) is 4.98 Å². The minimum atomic E-state index is 0.890. The van der Waals surface area contributed by atoms with E-state index < -0.39 is 0 Å². The van der Waals surface area contributed by atoms with Gasteiger partial charge in [0.25, 0.3) is 0 Å². The minimum Gasteiger partial charge on any atom is -0.341 e. The zero-order chi connectivity index (χ0) is 15.1. The number of nitrogens with zero attached hydrogens (tertiary/aromatic N) is 2. The van der Waals surface area contributed by atoms with Gasteiger partial charge in [0.15, 0.2) is 0 Å². The number of H-pyrrole nitrogens is 1. The molecule has 0 unspecified atom stereocenters. The molecule has 1 N–H and O–H groups in total. The van der Waals surface area contributed by atoms with Crippen molar-refractivity contribution in [2.75, 3.05) is 6.54 Å². The van der Waals surface area contributed by atoms with E-state index in [9.17, 15) is 0 Å². The number of hydrogen-bond acceptors (Lipinski definition) is 2. The van der Waals surface area contributed by atoms with Gasteiger partial charge in [0, 0.05) is 13.1 Å². The number of aryl methyl sites for hydroxylation is 2. The number of hydrogen-bond donors (Lipinski definition) is 1. The largest absolute Gasteiger partial charge is 0.341 e. The van der Waals surface area contributed by atoms with Crippen molar-refractivity contribution in [1.29, 1.82) is 0 Å². The van der Waals surface area contributed by atoms with Crippen molar-refractivity contribution in [1.82, 2.24) is 14.9 Å². The topological polar surface area (TPSA) is 31.9 Å². The predicted molar refractivity (Wildman–Crippen MR) is 89.8 cm³/mol. The van der Waals surface area contributed by atoms with Crippen LogP contribution in [0.15, 0.2) is 36.4 Å². The van der Waals surface area contributed by atoms with Gasteiger partial charge in [0.2, 0.25) is 0 Å². The van der Waals surface area contributed by atoms with Crippen LogP contribution >= 0.6 is 0 Å². The Morgan fingerprint density at radius 3 is 2.73 bits per heavy atom. The molecule has 0 fully saturated rings. The Balaban J connectivity index is 1.57. The number of benzene rings is 2. The summed E-state index contributed by atoms with van der Waals surface area (Å²) in [7, 11) is 0. The fourth-order valence-corrected chi connectivity index (χ4v) is 3.30. The van der Waals surface area contributed by atoms with Crippen LogP contribution in [0.4, 0.5) is 0 Å². The summed E-state index contributed by atoms with van der Waals surface area (Å²) < 4.78 is 0. The fraction of sp³-hybridized carbons (Fsp3) is 0.316. The maximum atomic E-state index is 4.77. The van der Waals surface area contributed by atoms with Gasteiger partial charge in [-0.25, -0.2) is 4.98 Å². The van der Waals surface area contributed by atoms with Crippen molar-refractivity contribution in [3.8, 4) is 0 Å². The number of fused-ring (bicyclic) bond motifs is 2. The molecule has 0 atom stereocenters. The molecule has 1 aromatic heterocycles. The Morgan fingerprint density at radius 2 is 1.86 bits per heavy atom. The first kappa shape index (κ1) is 13.5. The molecule has 112 valence electrons. The van der Waals surface area contributed by atoms with Gasteiger partial charge in [-0.05, 0) is 54.7 Å². The third-order valence-corrected chi connectivity index (χ3v) is 4.73. The first-order valence-electron chi connectivity index (χ1n) is 7.94. The molecule has 0 radical (unpaired) electrons. The summed E-state index contributed by atoms with van der Waals surface area (Å²) in [5.41, 5.74) is 7.80. The monoisotopic (exact) mass is 291 g/mol. The lowest BCUT2D eigenvalue weighted by Crippen LogP contribution is -2.30. The van der Waals surface area contributed by atoms with Gasteiger partial charge in [0.05, 0.1) is 17.6 Å². The van der Waals surface area contributed by atoms with Crippen LogP contribution in [0.2, 0.25) is 0 Å². The molecule has 2 heterocycles. The minimum absolute atomic E-state index is 0.890. The molecule has 0 saturated heterocycles. The molecule has 0 bridgehead atoms. The van der Waals surface area contributed by atoms with E-state index in [1.807, 2.05) is 0 Å². The van der Waals surface area contributed by atoms with E-state index in [1.54, 1.807) is 0 Å². The van der Waals surface area contributed by atoms with E-state index in [-0.39, 0.29) is 0 Å². The summed E-state index contributed by atoms with van der Waals surface area (Å²) in [5.74, 6) is 1.07. The van der Waals surface area contributed by atoms with Crippen LogP contribution in [-0.4, -0.2) is 21.4 Å². The summed E-state index contributed by atoms with van der Waals surface area (Å²) in [6.45, 7) is 7.31. The highest BCUT2D eigenvalue weighted by molar-refractivity contribution is 5.77. The van der Waals surface area contributed by atoms with Gasteiger partial charge >= 0.3 is 0 Å². The van der Waals surface area contributed by atoms with Crippen LogP contribution in [0.1, 0.15) is 28.1 Å². The highest BCUT2D eigenvalue weighted by atomic mass is 15.2. The fourth-order valence-electron chi connectivity index (χ4n) is 3.30. The summed E-state index contributed by atoms with van der Waals surface area (Å²) in [5, 5.41) is 0. The standard InChI is InChI=1S/C19H21N3/c1-13-9-17-18(10-14(13)2)21-19(20-17)12-22-8-7-15-5-3-4-6-16(15)11-22/h3-6,9-10H,7-8,11-12H2,1-2H3,(H,20,21). The molecular weight excluding hydrogens is 270 g/mol. The molecule has 1 aliphatic rings. The Labute approximate surface area is 131 Å². The SMILES string of the molecule is Cc1cc2nc(CN3CCc4ccccc4C3)[nH]c2cc1C. The predicted octanol–water partition coefficient (Wildman–Crippen LogP) is 3.74. The molecule has 3 nitrogen and oxygen atoms in total. The Hall–Kier alpha value is -2.13. The lowest BCUT2D eigenvalue weighted by Gasteiger charge is -2.27. The number of rotatable bonds is 2. The lowest BCUT2D eigenvalue weighted by molar-refractivity contribution is 0.240. The molecule has 0 spiro atoms. The second kappa shape index (κ2) is 5.25. The van der Waals surface area contributed by atoms with Gasteiger partial charge in [0.1, 0.15) is 5.82 Å². The highest BCUT2D eigenvalue weighted by Gasteiger charge is 2.17. The number of aromatic amines is 1. The van der Waals surface area contributed by atoms with Crippen molar-refractivity contribution in [2.24, 2.45) is 0 Å². The van der Waals surface area contributed by atoms with Crippen molar-refractivity contribution < 1.29 is 0 Å². The second-order valence-corrected chi connectivity index (χ2v) is 6.37. The molecule has 0 saturated carbocycles. The van der Waals surface area contributed by atoms with E-state index in [0.717, 1.165) is 42.9 Å². The summed E-state index contributed by atoms with van der Waals surface area (Å²) >= 11 is 0. The Bertz CT molecular complexity index is 793. The van der Waals surface area contributed by atoms with Crippen molar-refractivity contribution in [3.05, 3.63) is 64.5 Å². The lowest BCUT2D eigenvalue weighted by atomic mass is 10.00. The van der Waals surface area contributed by atoms with Gasteiger partial charge in [-0.1, -0.05) is 24.3 Å². The summed E-state index contributed by atoms with van der Waals surface area (Å²) in [4.78, 5) is 10.7. The third-order valence-electron chi connectivity index (χ3n) is 4.73. The molecule has 0 amide bonds. The summed E-state index contributed by atoms with van der Waals surface area (Å²) in [6.07, 6.45) is 1.13. The van der Waals surface area contributed by atoms with Crippen molar-refractivity contribution in [3.63, 3.8) is 0 Å². The molecule has 3 aromatic rings. The average molecular weight is 291 g/mol. The van der Waals surface area contributed by atoms with E-state index >= 15 is 0 Å². The third kappa shape index (κ3) is 2.42. The average Bonchev–Trinajstić information content (AvgIpc) is 2.89. The smallest absolute Gasteiger partial charge is 0.121 e. The van der Waals surface area contributed by atoms with Gasteiger partial charge in [-0.3, -0.25) is 4.90 Å². The quantitative estimate of drug-likeness (QED) is 0.780. The molecule has 0 aliphatic carbocycles.